The number of nitrogens with one attached hydrogen (secondary N) is 3. The highest BCUT2D eigenvalue weighted by Gasteiger charge is 2.37. The van der Waals surface area contributed by atoms with Gasteiger partial charge < -0.3 is 47.2 Å². The van der Waals surface area contributed by atoms with E-state index in [-0.39, 0.29) is 12.3 Å². The molecule has 1 aromatic rings. The second-order valence-electron chi connectivity index (χ2n) is 9.50. The molecule has 0 aromatic heterocycles. The summed E-state index contributed by atoms with van der Waals surface area (Å²) in [6, 6.07) is 3.64. The molecule has 0 saturated heterocycles. The molecule has 13 nitrogen and oxygen atoms in total. The summed E-state index contributed by atoms with van der Waals surface area (Å²) in [7, 11) is 0. The van der Waals surface area contributed by atoms with Gasteiger partial charge in [0.05, 0.1) is 31.2 Å². The molecule has 0 aliphatic heterocycles. The maximum atomic E-state index is 12.9. The first-order valence-corrected chi connectivity index (χ1v) is 12.4. The van der Waals surface area contributed by atoms with Crippen LogP contribution in [0.3, 0.4) is 0 Å². The highest BCUT2D eigenvalue weighted by molar-refractivity contribution is 5.89. The molecule has 1 aromatic carbocycles. The minimum absolute atomic E-state index is 0.0270. The van der Waals surface area contributed by atoms with Gasteiger partial charge >= 0.3 is 5.97 Å². The summed E-state index contributed by atoms with van der Waals surface area (Å²) in [5.74, 6) is -3.75. The smallest absolute Gasteiger partial charge is 0.305 e. The summed E-state index contributed by atoms with van der Waals surface area (Å²) in [5.41, 5.74) is 6.15. The zero-order chi connectivity index (χ0) is 29.0. The predicted molar refractivity (Wildman–Crippen MR) is 136 cm³/mol. The number of carboxylic acid groups (broad SMARTS) is 1. The van der Waals surface area contributed by atoms with Crippen molar-refractivity contribution in [3.05, 3.63) is 35.9 Å². The number of amides is 3. The van der Waals surface area contributed by atoms with Gasteiger partial charge in [-0.05, 0) is 24.3 Å². The third-order valence-electron chi connectivity index (χ3n) is 5.89. The van der Waals surface area contributed by atoms with Crippen molar-refractivity contribution in [3.8, 4) is 0 Å². The number of aliphatic hydroxyl groups is 4. The third-order valence-corrected chi connectivity index (χ3v) is 5.89. The quantitative estimate of drug-likeness (QED) is 0.113. The molecule has 0 radical (unpaired) electrons. The highest BCUT2D eigenvalue weighted by Crippen LogP contribution is 2.17. The number of aliphatic hydroxyl groups excluding tert-OH is 4. The molecule has 1 rings (SSSR count). The van der Waals surface area contributed by atoms with Crippen molar-refractivity contribution in [3.63, 3.8) is 0 Å². The summed E-state index contributed by atoms with van der Waals surface area (Å²) in [5, 5.41) is 57.5. The van der Waals surface area contributed by atoms with Gasteiger partial charge in [-0.2, -0.15) is 0 Å². The van der Waals surface area contributed by atoms with Crippen LogP contribution >= 0.6 is 0 Å². The minimum atomic E-state index is -2.23. The fraction of sp³-hybridized carbons (Fsp3) is 0.600. The van der Waals surface area contributed by atoms with Crippen LogP contribution in [-0.4, -0.2) is 92.3 Å². The van der Waals surface area contributed by atoms with E-state index in [0.29, 0.717) is 12.0 Å². The second-order valence-corrected chi connectivity index (χ2v) is 9.50. The predicted octanol–water partition coefficient (Wildman–Crippen LogP) is -1.85. The van der Waals surface area contributed by atoms with E-state index in [2.05, 4.69) is 16.0 Å². The van der Waals surface area contributed by atoms with E-state index >= 15 is 0 Å². The summed E-state index contributed by atoms with van der Waals surface area (Å²) in [6.45, 7) is 4.46. The van der Waals surface area contributed by atoms with Crippen molar-refractivity contribution in [2.24, 2.45) is 11.7 Å². The summed E-state index contributed by atoms with van der Waals surface area (Å²) >= 11 is 0. The maximum Gasteiger partial charge on any atom is 0.305 e. The van der Waals surface area contributed by atoms with Crippen molar-refractivity contribution in [1.29, 1.82) is 0 Å². The van der Waals surface area contributed by atoms with E-state index < -0.39 is 79.2 Å². The SMILES string of the molecule is CC[C@H](N)C(=O)N[C@@H](CC(C)C)C(=O)N[C@@H](CO)[C@@H](O)[C@@H](O)[C@H](O)C(=O)N[C@@H](CC(=O)O)c1ccccc1. The van der Waals surface area contributed by atoms with Crippen LogP contribution in [0.2, 0.25) is 0 Å². The number of carboxylic acids is 1. The molecule has 0 aliphatic carbocycles. The first-order valence-electron chi connectivity index (χ1n) is 12.4. The minimum Gasteiger partial charge on any atom is -0.481 e. The van der Waals surface area contributed by atoms with Crippen LogP contribution in [0.5, 0.6) is 0 Å². The number of rotatable bonds is 16. The van der Waals surface area contributed by atoms with Crippen LogP contribution in [0.15, 0.2) is 30.3 Å². The second kappa shape index (κ2) is 16.0. The van der Waals surface area contributed by atoms with Crippen LogP contribution < -0.4 is 21.7 Å². The number of aliphatic carboxylic acids is 1. The number of carbonyl (C=O) groups excluding carboxylic acids is 3. The monoisotopic (exact) mass is 540 g/mol. The van der Waals surface area contributed by atoms with Crippen LogP contribution in [0.1, 0.15) is 51.6 Å². The van der Waals surface area contributed by atoms with Gasteiger partial charge in [0.1, 0.15) is 18.2 Å². The Balaban J connectivity index is 2.94. The van der Waals surface area contributed by atoms with Gasteiger partial charge in [-0.25, -0.2) is 0 Å². The highest BCUT2D eigenvalue weighted by atomic mass is 16.4. The van der Waals surface area contributed by atoms with Gasteiger partial charge in [0.15, 0.2) is 6.10 Å². The van der Waals surface area contributed by atoms with Gasteiger partial charge in [0, 0.05) is 0 Å². The van der Waals surface area contributed by atoms with Gasteiger partial charge in [0.25, 0.3) is 5.91 Å². The number of benzene rings is 1. The van der Waals surface area contributed by atoms with Gasteiger partial charge in [-0.3, -0.25) is 19.2 Å². The van der Waals surface area contributed by atoms with Gasteiger partial charge in [-0.15, -0.1) is 0 Å². The Morgan fingerprint density at radius 1 is 0.895 bits per heavy atom. The van der Waals surface area contributed by atoms with Crippen molar-refractivity contribution in [2.75, 3.05) is 6.61 Å². The molecule has 0 saturated carbocycles. The standard InChI is InChI=1S/C25H40N4O9/c1-4-15(26)23(36)28-17(10-13(2)3)24(37)29-18(12-30)20(33)21(34)22(35)25(38)27-16(11-19(31)32)14-8-6-5-7-9-14/h5-9,13,15-18,20-22,30,33-35H,4,10-12,26H2,1-3H3,(H,27,38)(H,28,36)(H,29,37)(H,31,32)/t15-,16-,17-,18-,20+,21+,22-/m0/s1. The molecule has 214 valence electrons. The Labute approximate surface area is 221 Å². The Hall–Kier alpha value is -3.10. The van der Waals surface area contributed by atoms with Crippen molar-refractivity contribution < 1.29 is 44.7 Å². The topological polar surface area (TPSA) is 232 Å². The number of hydrogen-bond donors (Lipinski definition) is 9. The number of carbonyl (C=O) groups is 4. The third kappa shape index (κ3) is 10.3. The average molecular weight is 541 g/mol. The molecular weight excluding hydrogens is 500 g/mol. The van der Waals surface area contributed by atoms with Crippen LogP contribution in [-0.2, 0) is 19.2 Å². The lowest BCUT2D eigenvalue weighted by molar-refractivity contribution is -0.145. The normalized spacial score (nSPS) is 16.9. The maximum absolute atomic E-state index is 12.9. The fourth-order valence-electron chi connectivity index (χ4n) is 3.64. The molecule has 0 heterocycles. The Morgan fingerprint density at radius 3 is 2.00 bits per heavy atom. The molecular formula is C25H40N4O9. The van der Waals surface area contributed by atoms with Gasteiger partial charge in [0.2, 0.25) is 11.8 Å². The average Bonchev–Trinajstić information content (AvgIpc) is 2.88. The molecule has 3 amide bonds. The molecule has 0 unspecified atom stereocenters. The summed E-state index contributed by atoms with van der Waals surface area (Å²) in [4.78, 5) is 48.9. The van der Waals surface area contributed by atoms with Crippen molar-refractivity contribution in [2.45, 2.75) is 82.5 Å². The van der Waals surface area contributed by atoms with E-state index in [9.17, 15) is 44.7 Å². The van der Waals surface area contributed by atoms with E-state index in [0.717, 1.165) is 0 Å². The number of hydrogen-bond acceptors (Lipinski definition) is 9. The molecule has 7 atom stereocenters. The van der Waals surface area contributed by atoms with Crippen molar-refractivity contribution >= 4 is 23.7 Å². The molecule has 38 heavy (non-hydrogen) atoms. The van der Waals surface area contributed by atoms with E-state index in [1.54, 1.807) is 37.3 Å². The fourth-order valence-corrected chi connectivity index (χ4v) is 3.64. The first kappa shape index (κ1) is 32.9. The Kier molecular flexibility index (Phi) is 13.9. The van der Waals surface area contributed by atoms with Crippen LogP contribution in [0.4, 0.5) is 0 Å². The number of nitrogens with two attached hydrogens (primary N) is 1. The summed E-state index contributed by atoms with van der Waals surface area (Å²) in [6.07, 6.45) is -6.37. The zero-order valence-corrected chi connectivity index (χ0v) is 21.8. The first-order chi connectivity index (χ1) is 17.8. The molecule has 0 fully saturated rings. The Morgan fingerprint density at radius 2 is 1.50 bits per heavy atom. The van der Waals surface area contributed by atoms with Crippen LogP contribution in [0.25, 0.3) is 0 Å². The molecule has 10 N–H and O–H groups in total. The van der Waals surface area contributed by atoms with E-state index in [1.165, 1.54) is 0 Å². The molecule has 0 spiro atoms. The van der Waals surface area contributed by atoms with Crippen LogP contribution in [0, 0.1) is 5.92 Å². The van der Waals surface area contributed by atoms with Gasteiger partial charge in [-0.1, -0.05) is 51.1 Å². The van der Waals surface area contributed by atoms with Crippen molar-refractivity contribution in [1.82, 2.24) is 16.0 Å². The lowest BCUT2D eigenvalue weighted by Gasteiger charge is -2.31. The molecule has 0 bridgehead atoms. The lowest BCUT2D eigenvalue weighted by atomic mass is 9.98. The molecule has 13 heteroatoms. The lowest BCUT2D eigenvalue weighted by Crippen LogP contribution is -2.60. The van der Waals surface area contributed by atoms with E-state index in [4.69, 9.17) is 5.73 Å². The summed E-state index contributed by atoms with van der Waals surface area (Å²) < 4.78 is 0. The molecule has 0 aliphatic rings. The largest absolute Gasteiger partial charge is 0.481 e. The van der Waals surface area contributed by atoms with E-state index in [1.807, 2.05) is 13.8 Å². The zero-order valence-electron chi connectivity index (χ0n) is 21.8. The Bertz CT molecular complexity index is 915.